The van der Waals surface area contributed by atoms with Crippen molar-refractivity contribution in [1.29, 1.82) is 0 Å². The van der Waals surface area contributed by atoms with E-state index in [0.29, 0.717) is 18.0 Å². The number of hydrogen-bond acceptors (Lipinski definition) is 5. The fourth-order valence-corrected chi connectivity index (χ4v) is 3.31. The molecule has 28 heavy (non-hydrogen) atoms. The summed E-state index contributed by atoms with van der Waals surface area (Å²) in [6.45, 7) is 1.35. The summed E-state index contributed by atoms with van der Waals surface area (Å²) in [5.41, 5.74) is 1.32. The number of amides is 1. The number of benzene rings is 1. The highest BCUT2D eigenvalue weighted by atomic mass is 19.1. The topological polar surface area (TPSA) is 91.8 Å². The van der Waals surface area contributed by atoms with Gasteiger partial charge in [0.25, 0.3) is 0 Å². The summed E-state index contributed by atoms with van der Waals surface area (Å²) in [6, 6.07) is 5.85. The molecule has 0 radical (unpaired) electrons. The van der Waals surface area contributed by atoms with Gasteiger partial charge in [0.05, 0.1) is 37.5 Å². The third kappa shape index (κ3) is 4.76. The summed E-state index contributed by atoms with van der Waals surface area (Å²) in [4.78, 5) is 29.8. The van der Waals surface area contributed by atoms with Crippen molar-refractivity contribution in [2.75, 3.05) is 30.4 Å². The fraction of sp³-hybridized carbons (Fsp3) is 0.350. The van der Waals surface area contributed by atoms with Gasteiger partial charge in [-0.15, -0.1) is 0 Å². The number of aromatic nitrogens is 1. The summed E-state index contributed by atoms with van der Waals surface area (Å²) in [6.07, 6.45) is 4.52. The lowest BCUT2D eigenvalue weighted by Gasteiger charge is -2.33. The number of halogens is 1. The van der Waals surface area contributed by atoms with Crippen LogP contribution in [0.3, 0.4) is 0 Å². The number of carbonyl (C=O) groups is 2. The van der Waals surface area contributed by atoms with Crippen molar-refractivity contribution >= 4 is 23.3 Å². The Labute approximate surface area is 162 Å². The van der Waals surface area contributed by atoms with Crippen LogP contribution >= 0.6 is 0 Å². The second kappa shape index (κ2) is 8.69. The molecule has 1 aliphatic rings. The molecule has 2 aromatic rings. The van der Waals surface area contributed by atoms with Gasteiger partial charge < -0.3 is 20.1 Å². The molecular formula is C20H22FN3O4. The first-order valence-corrected chi connectivity index (χ1v) is 9.01. The van der Waals surface area contributed by atoms with E-state index in [2.05, 4.69) is 15.2 Å². The standard InChI is InChI=1S/C20H22FN3O4/c1-28-17-9-16(10-22-11-17)24-6-2-3-13(12-24)20(27)23-15-4-5-18(21)14(7-15)8-19(25)26/h4-5,7,9-11,13H,2-3,6,8,12H2,1H3,(H,23,27)(H,25,26)/t13-/m0/s1. The molecule has 0 bridgehead atoms. The quantitative estimate of drug-likeness (QED) is 0.792. The first-order chi connectivity index (χ1) is 13.5. The number of piperidine rings is 1. The van der Waals surface area contributed by atoms with E-state index >= 15 is 0 Å². The van der Waals surface area contributed by atoms with Crippen LogP contribution in [0.25, 0.3) is 0 Å². The van der Waals surface area contributed by atoms with Gasteiger partial charge in [0.1, 0.15) is 11.6 Å². The highest BCUT2D eigenvalue weighted by Gasteiger charge is 2.26. The highest BCUT2D eigenvalue weighted by molar-refractivity contribution is 5.93. The second-order valence-corrected chi connectivity index (χ2v) is 6.73. The van der Waals surface area contributed by atoms with Gasteiger partial charge in [-0.25, -0.2) is 4.39 Å². The van der Waals surface area contributed by atoms with Gasteiger partial charge in [0.15, 0.2) is 0 Å². The smallest absolute Gasteiger partial charge is 0.307 e. The molecule has 0 spiro atoms. The zero-order valence-electron chi connectivity index (χ0n) is 15.5. The first-order valence-electron chi connectivity index (χ1n) is 9.01. The summed E-state index contributed by atoms with van der Waals surface area (Å²) in [5, 5.41) is 11.7. The number of nitrogens with one attached hydrogen (secondary N) is 1. The normalized spacial score (nSPS) is 16.5. The van der Waals surface area contributed by atoms with Crippen LogP contribution in [0.1, 0.15) is 18.4 Å². The third-order valence-electron chi connectivity index (χ3n) is 4.75. The van der Waals surface area contributed by atoms with Crippen molar-refractivity contribution in [2.24, 2.45) is 5.92 Å². The predicted octanol–water partition coefficient (Wildman–Crippen LogP) is 2.71. The van der Waals surface area contributed by atoms with Crippen molar-refractivity contribution < 1.29 is 23.8 Å². The molecule has 7 nitrogen and oxygen atoms in total. The van der Waals surface area contributed by atoms with Gasteiger partial charge in [-0.1, -0.05) is 0 Å². The van der Waals surface area contributed by atoms with E-state index in [1.807, 2.05) is 6.07 Å². The van der Waals surface area contributed by atoms with Gasteiger partial charge >= 0.3 is 5.97 Å². The van der Waals surface area contributed by atoms with Gasteiger partial charge in [-0.3, -0.25) is 14.6 Å². The van der Waals surface area contributed by atoms with E-state index in [1.165, 1.54) is 18.2 Å². The molecule has 1 saturated heterocycles. The minimum atomic E-state index is -1.13. The molecule has 3 rings (SSSR count). The van der Waals surface area contributed by atoms with E-state index < -0.39 is 18.2 Å². The lowest BCUT2D eigenvalue weighted by Crippen LogP contribution is -2.40. The van der Waals surface area contributed by atoms with Crippen LogP contribution in [0.4, 0.5) is 15.8 Å². The van der Waals surface area contributed by atoms with Crippen LogP contribution in [0, 0.1) is 11.7 Å². The zero-order valence-corrected chi connectivity index (χ0v) is 15.5. The van der Waals surface area contributed by atoms with Crippen molar-refractivity contribution in [3.05, 3.63) is 48.0 Å². The fourth-order valence-electron chi connectivity index (χ4n) is 3.31. The molecule has 1 aromatic heterocycles. The number of rotatable bonds is 6. The number of methoxy groups -OCH3 is 1. The average Bonchev–Trinajstić information content (AvgIpc) is 2.70. The van der Waals surface area contributed by atoms with Crippen LogP contribution in [-0.2, 0) is 16.0 Å². The molecule has 2 heterocycles. The summed E-state index contributed by atoms with van der Waals surface area (Å²) < 4.78 is 18.9. The molecular weight excluding hydrogens is 365 g/mol. The van der Waals surface area contributed by atoms with E-state index in [9.17, 15) is 14.0 Å². The molecule has 1 aliphatic heterocycles. The maximum absolute atomic E-state index is 13.7. The minimum absolute atomic E-state index is 0.0398. The summed E-state index contributed by atoms with van der Waals surface area (Å²) in [7, 11) is 1.58. The molecule has 1 amide bonds. The molecule has 8 heteroatoms. The molecule has 2 N–H and O–H groups in total. The van der Waals surface area contributed by atoms with Crippen LogP contribution in [0.5, 0.6) is 5.75 Å². The summed E-state index contributed by atoms with van der Waals surface area (Å²) >= 11 is 0. The summed E-state index contributed by atoms with van der Waals surface area (Å²) in [5.74, 6) is -1.49. The third-order valence-corrected chi connectivity index (χ3v) is 4.75. The number of nitrogens with zero attached hydrogens (tertiary/aromatic N) is 2. The number of aliphatic carboxylic acids is 1. The van der Waals surface area contributed by atoms with Gasteiger partial charge in [0.2, 0.25) is 5.91 Å². The van der Waals surface area contributed by atoms with Crippen LogP contribution in [0.15, 0.2) is 36.7 Å². The molecule has 0 aliphatic carbocycles. The molecule has 0 unspecified atom stereocenters. The van der Waals surface area contributed by atoms with E-state index in [0.717, 1.165) is 25.1 Å². The van der Waals surface area contributed by atoms with E-state index in [-0.39, 0.29) is 17.4 Å². The van der Waals surface area contributed by atoms with Gasteiger partial charge in [-0.05, 0) is 31.0 Å². The molecule has 1 aromatic carbocycles. The SMILES string of the molecule is COc1cncc(N2CCC[C@H](C(=O)Nc3ccc(F)c(CC(=O)O)c3)C2)c1. The minimum Gasteiger partial charge on any atom is -0.495 e. The van der Waals surface area contributed by atoms with Crippen molar-refractivity contribution in [1.82, 2.24) is 4.98 Å². The van der Waals surface area contributed by atoms with Crippen LogP contribution in [0.2, 0.25) is 0 Å². The van der Waals surface area contributed by atoms with Gasteiger partial charge in [-0.2, -0.15) is 0 Å². The van der Waals surface area contributed by atoms with Crippen molar-refractivity contribution in [3.8, 4) is 5.75 Å². The lowest BCUT2D eigenvalue weighted by atomic mass is 9.96. The number of ether oxygens (including phenoxy) is 1. The van der Waals surface area contributed by atoms with Crippen LogP contribution < -0.4 is 15.0 Å². The largest absolute Gasteiger partial charge is 0.495 e. The Hall–Kier alpha value is -3.16. The number of carbonyl (C=O) groups excluding carboxylic acids is 1. The van der Waals surface area contributed by atoms with Gasteiger partial charge in [0, 0.05) is 30.4 Å². The Morgan fingerprint density at radius 2 is 2.18 bits per heavy atom. The van der Waals surface area contributed by atoms with E-state index in [1.54, 1.807) is 19.5 Å². The lowest BCUT2D eigenvalue weighted by molar-refractivity contribution is -0.136. The average molecular weight is 387 g/mol. The second-order valence-electron chi connectivity index (χ2n) is 6.73. The number of carboxylic acid groups (broad SMARTS) is 1. The van der Waals surface area contributed by atoms with Crippen LogP contribution in [-0.4, -0.2) is 42.2 Å². The van der Waals surface area contributed by atoms with E-state index in [4.69, 9.17) is 9.84 Å². The predicted molar refractivity (Wildman–Crippen MR) is 102 cm³/mol. The zero-order chi connectivity index (χ0) is 20.1. The maximum Gasteiger partial charge on any atom is 0.307 e. The Morgan fingerprint density at radius 3 is 2.93 bits per heavy atom. The highest BCUT2D eigenvalue weighted by Crippen LogP contribution is 2.26. The Morgan fingerprint density at radius 1 is 1.36 bits per heavy atom. The van der Waals surface area contributed by atoms with Crippen molar-refractivity contribution in [2.45, 2.75) is 19.3 Å². The number of pyridine rings is 1. The molecule has 1 fully saturated rings. The Kier molecular flexibility index (Phi) is 6.08. The monoisotopic (exact) mass is 387 g/mol. The number of anilines is 2. The molecule has 0 saturated carbocycles. The number of carboxylic acids is 1. The first kappa shape index (κ1) is 19.6. The maximum atomic E-state index is 13.7. The number of hydrogen-bond donors (Lipinski definition) is 2. The molecule has 1 atom stereocenters. The molecule has 148 valence electrons. The van der Waals surface area contributed by atoms with Crippen molar-refractivity contribution in [3.63, 3.8) is 0 Å². The Bertz CT molecular complexity index is 874. The Balaban J connectivity index is 1.68.